The number of ether oxygens (including phenoxy) is 2. The molecule has 0 bridgehead atoms. The Morgan fingerprint density at radius 2 is 0.711 bits per heavy atom. The van der Waals surface area contributed by atoms with E-state index in [0.717, 1.165) is 70.6 Å². The van der Waals surface area contributed by atoms with Crippen LogP contribution in [0, 0.1) is 0 Å². The van der Waals surface area contributed by atoms with Crippen LogP contribution in [-0.2, 0) is 52.6 Å². The van der Waals surface area contributed by atoms with Crippen molar-refractivity contribution in [1.82, 2.24) is 21.3 Å². The Morgan fingerprint density at radius 3 is 1.10 bits per heavy atom. The van der Waals surface area contributed by atoms with Crippen LogP contribution in [0.25, 0.3) is 0 Å². The van der Waals surface area contributed by atoms with E-state index in [9.17, 15) is 53.4 Å². The molecule has 0 aromatic heterocycles. The molecule has 482 valence electrons. The van der Waals surface area contributed by atoms with Crippen LogP contribution >= 0.6 is 11.8 Å². The molecule has 0 aromatic carbocycles. The average molecular weight is 1200 g/mol. The Labute approximate surface area is 504 Å². The van der Waals surface area contributed by atoms with E-state index in [1.54, 1.807) is 0 Å². The molecule has 4 amide bonds. The number of carbonyl (C=O) groups is 9. The van der Waals surface area contributed by atoms with Gasteiger partial charge in [-0.1, -0.05) is 239 Å². The SMILES string of the molecule is CCCCCCCCCCCCCCCC(=O)OC[C@H](CSCCC(=O)N[C@@H](NC(=O)CCCCCCCCCCCCC)C(=O)NC(CCC(=O)O)C(=O)N[C@H](CCC(=O)O)C(=O)O)OC(=O)CCCCCCCCCCCCCCC. The Morgan fingerprint density at radius 1 is 0.373 bits per heavy atom. The van der Waals surface area contributed by atoms with E-state index >= 15 is 0 Å². The highest BCUT2D eigenvalue weighted by Crippen LogP contribution is 2.18. The Bertz CT molecular complexity index is 1720. The van der Waals surface area contributed by atoms with Crippen LogP contribution in [-0.4, -0.2) is 111 Å². The molecule has 0 spiro atoms. The van der Waals surface area contributed by atoms with Gasteiger partial charge in [-0.05, 0) is 32.1 Å². The number of carboxylic acids is 3. The fourth-order valence-corrected chi connectivity index (χ4v) is 10.7. The highest BCUT2D eigenvalue weighted by atomic mass is 32.2. The van der Waals surface area contributed by atoms with Crippen molar-refractivity contribution in [2.45, 2.75) is 334 Å². The zero-order chi connectivity index (χ0) is 61.4. The number of hydrogen-bond acceptors (Lipinski definition) is 12. The molecule has 0 aliphatic heterocycles. The van der Waals surface area contributed by atoms with Crippen molar-refractivity contribution < 1.29 is 67.9 Å². The molecule has 0 saturated heterocycles. The van der Waals surface area contributed by atoms with Crippen molar-refractivity contribution in [3.8, 4) is 0 Å². The summed E-state index contributed by atoms with van der Waals surface area (Å²) in [6, 6.07) is -3.31. The van der Waals surface area contributed by atoms with Gasteiger partial charge in [-0.2, -0.15) is 11.8 Å². The third-order valence-corrected chi connectivity index (χ3v) is 16.0. The first-order valence-electron chi connectivity index (χ1n) is 32.9. The number of esters is 2. The van der Waals surface area contributed by atoms with Gasteiger partial charge in [0.25, 0.3) is 5.91 Å². The summed E-state index contributed by atoms with van der Waals surface area (Å²) >= 11 is 1.27. The first kappa shape index (κ1) is 78.6. The molecule has 0 heterocycles. The molecule has 7 N–H and O–H groups in total. The number of thioether (sulfide) groups is 1. The van der Waals surface area contributed by atoms with Crippen molar-refractivity contribution in [2.24, 2.45) is 0 Å². The highest BCUT2D eigenvalue weighted by molar-refractivity contribution is 7.99. The molecule has 0 rings (SSSR count). The summed E-state index contributed by atoms with van der Waals surface area (Å²) in [5.41, 5.74) is 0. The molecule has 1 unspecified atom stereocenters. The van der Waals surface area contributed by atoms with Crippen LogP contribution in [0.1, 0.15) is 310 Å². The van der Waals surface area contributed by atoms with Crippen molar-refractivity contribution in [1.29, 1.82) is 0 Å². The highest BCUT2D eigenvalue weighted by Gasteiger charge is 2.31. The second-order valence-corrected chi connectivity index (χ2v) is 23.9. The van der Waals surface area contributed by atoms with Crippen LogP contribution < -0.4 is 21.3 Å². The maximum absolute atomic E-state index is 13.9. The number of rotatable bonds is 61. The molecule has 0 aliphatic rings. The van der Waals surface area contributed by atoms with Gasteiger partial charge in [-0.3, -0.25) is 38.4 Å². The van der Waals surface area contributed by atoms with Gasteiger partial charge in [0.2, 0.25) is 17.7 Å². The van der Waals surface area contributed by atoms with E-state index in [2.05, 4.69) is 42.0 Å². The minimum atomic E-state index is -1.72. The number of nitrogens with one attached hydrogen (secondary N) is 4. The predicted octanol–water partition coefficient (Wildman–Crippen LogP) is 13.6. The Balaban J connectivity index is 5.71. The monoisotopic (exact) mass is 1200 g/mol. The molecule has 0 aromatic rings. The third kappa shape index (κ3) is 51.7. The summed E-state index contributed by atoms with van der Waals surface area (Å²) in [7, 11) is 0. The van der Waals surface area contributed by atoms with E-state index in [-0.39, 0.29) is 49.8 Å². The first-order valence-corrected chi connectivity index (χ1v) is 34.1. The zero-order valence-corrected chi connectivity index (χ0v) is 52.8. The third-order valence-electron chi connectivity index (χ3n) is 14.9. The van der Waals surface area contributed by atoms with Gasteiger partial charge in [0.15, 0.2) is 6.17 Å². The second-order valence-electron chi connectivity index (χ2n) is 22.8. The molecule has 19 heteroatoms. The predicted molar refractivity (Wildman–Crippen MR) is 330 cm³/mol. The summed E-state index contributed by atoms with van der Waals surface area (Å²) in [5.74, 6) is -7.97. The van der Waals surface area contributed by atoms with Gasteiger partial charge in [-0.25, -0.2) is 4.79 Å². The standard InChI is InChI=1S/C64H116N4O14S/c1-4-7-10-13-16-19-22-24-27-30-33-36-39-42-59(75)81-50-52(82-60(76)43-40-37-34-31-28-25-23-20-17-14-11-8-5-2)51-83-49-48-56(70)68-61(67-55(69)41-38-35-32-29-26-21-18-15-12-9-6-3)63(78)65-53(44-46-57(71)72)62(77)66-54(64(79)80)45-47-58(73)74/h52-54,61H,4-51H2,1-3H3,(H,65,78)(H,66,77)(H,67,69)(H,68,70)(H,71,72)(H,73,74)(H,79,80)/t52-,53?,54-,61-/m1/s1. The Hall–Kier alpha value is -4.42. The smallest absolute Gasteiger partial charge is 0.326 e. The van der Waals surface area contributed by atoms with E-state index in [0.29, 0.717) is 19.3 Å². The largest absolute Gasteiger partial charge is 0.481 e. The summed E-state index contributed by atoms with van der Waals surface area (Å²) in [6.07, 6.45) is 37.9. The van der Waals surface area contributed by atoms with Crippen LogP contribution in [0.2, 0.25) is 0 Å². The van der Waals surface area contributed by atoms with Crippen LogP contribution in [0.3, 0.4) is 0 Å². The fraction of sp³-hybridized carbons (Fsp3) is 0.859. The summed E-state index contributed by atoms with van der Waals surface area (Å²) < 4.78 is 11.5. The fourth-order valence-electron chi connectivity index (χ4n) is 9.75. The molecule has 0 aliphatic carbocycles. The van der Waals surface area contributed by atoms with Crippen molar-refractivity contribution >= 4 is 65.2 Å². The van der Waals surface area contributed by atoms with Gasteiger partial charge in [0, 0.05) is 50.0 Å². The summed E-state index contributed by atoms with van der Waals surface area (Å²) in [6.45, 7) is 6.51. The number of hydrogen-bond donors (Lipinski definition) is 7. The number of amides is 4. The lowest BCUT2D eigenvalue weighted by Gasteiger charge is -2.25. The second kappa shape index (κ2) is 56.7. The van der Waals surface area contributed by atoms with E-state index in [4.69, 9.17) is 14.6 Å². The lowest BCUT2D eigenvalue weighted by molar-refractivity contribution is -0.157. The molecule has 18 nitrogen and oxygen atoms in total. The van der Waals surface area contributed by atoms with Gasteiger partial charge in [0.05, 0.1) is 0 Å². The lowest BCUT2D eigenvalue weighted by atomic mass is 10.0. The van der Waals surface area contributed by atoms with E-state index in [1.807, 2.05) is 0 Å². The van der Waals surface area contributed by atoms with Gasteiger partial charge < -0.3 is 46.1 Å². The van der Waals surface area contributed by atoms with Gasteiger partial charge in [-0.15, -0.1) is 0 Å². The van der Waals surface area contributed by atoms with Crippen LogP contribution in [0.4, 0.5) is 0 Å². The minimum Gasteiger partial charge on any atom is -0.481 e. The normalized spacial score (nSPS) is 12.6. The van der Waals surface area contributed by atoms with Crippen molar-refractivity contribution in [2.75, 3.05) is 18.1 Å². The van der Waals surface area contributed by atoms with Crippen molar-refractivity contribution in [3.05, 3.63) is 0 Å². The van der Waals surface area contributed by atoms with Gasteiger partial charge in [0.1, 0.15) is 24.8 Å². The lowest BCUT2D eigenvalue weighted by Crippen LogP contribution is -2.60. The number of carbonyl (C=O) groups excluding carboxylic acids is 6. The molecular weight excluding hydrogens is 1080 g/mol. The van der Waals surface area contributed by atoms with Crippen molar-refractivity contribution in [3.63, 3.8) is 0 Å². The number of unbranched alkanes of at least 4 members (excludes halogenated alkanes) is 34. The summed E-state index contributed by atoms with van der Waals surface area (Å²) in [5, 5.41) is 37.7. The molecule has 0 radical (unpaired) electrons. The molecule has 4 atom stereocenters. The molecule has 83 heavy (non-hydrogen) atoms. The average Bonchev–Trinajstić information content (AvgIpc) is 3.50. The van der Waals surface area contributed by atoms with Crippen LogP contribution in [0.15, 0.2) is 0 Å². The maximum atomic E-state index is 13.9. The molecule has 0 saturated carbocycles. The topological polar surface area (TPSA) is 281 Å². The van der Waals surface area contributed by atoms with Crippen LogP contribution in [0.5, 0.6) is 0 Å². The number of carboxylic acid groups (broad SMARTS) is 3. The Kier molecular flexibility index (Phi) is 53.7. The maximum Gasteiger partial charge on any atom is 0.326 e. The number of aliphatic carboxylic acids is 3. The minimum absolute atomic E-state index is 0.0305. The quantitative estimate of drug-likeness (QED) is 0.0169. The van der Waals surface area contributed by atoms with E-state index in [1.165, 1.54) is 159 Å². The summed E-state index contributed by atoms with van der Waals surface area (Å²) in [4.78, 5) is 115. The first-order chi connectivity index (χ1) is 40.1. The molecular formula is C64H116N4O14S. The van der Waals surface area contributed by atoms with E-state index < -0.39 is 97.5 Å². The van der Waals surface area contributed by atoms with Gasteiger partial charge >= 0.3 is 29.8 Å². The zero-order valence-electron chi connectivity index (χ0n) is 52.0. The molecule has 0 fully saturated rings.